The standard InChI is InChI=1S/C32H6N14O/c33-7-18(28-22(9-35)41-26(13-39)42-23(28)10-36)20-3-1-15-16-2-4-21(46-31(16)32-17(5-6-47-32)30(15)45-20)19(8-34)29-24(11-37)43-27(14-40)44-25(29)12-38/h1-6H/b20-18-,21-19+. The van der Waals surface area contributed by atoms with Crippen LogP contribution in [0.4, 0.5) is 0 Å². The molecule has 0 N–H and O–H groups in total. The molecule has 0 amide bonds. The van der Waals surface area contributed by atoms with Gasteiger partial charge in [-0.2, -0.15) is 42.1 Å². The number of benzene rings is 1. The minimum Gasteiger partial charge on any atom is -0.462 e. The van der Waals surface area contributed by atoms with Crippen LogP contribution in [0.15, 0.2) is 41.0 Å². The first-order valence-corrected chi connectivity index (χ1v) is 12.9. The van der Waals surface area contributed by atoms with Crippen molar-refractivity contribution >= 4 is 43.9 Å². The quantitative estimate of drug-likeness (QED) is 0.255. The van der Waals surface area contributed by atoms with Crippen LogP contribution in [-0.2, 0) is 0 Å². The van der Waals surface area contributed by atoms with Crippen LogP contribution in [0.1, 0.15) is 45.6 Å². The van der Waals surface area contributed by atoms with Gasteiger partial charge in [0.1, 0.15) is 54.1 Å². The van der Waals surface area contributed by atoms with Gasteiger partial charge in [-0.1, -0.05) is 0 Å². The molecule has 0 spiro atoms. The van der Waals surface area contributed by atoms with Gasteiger partial charge < -0.3 is 4.42 Å². The maximum Gasteiger partial charge on any atom is 0.234 e. The predicted octanol–water partition coefficient (Wildman–Crippen LogP) is 1.78. The molecular formula is C32H6N14O. The highest BCUT2D eigenvalue weighted by Gasteiger charge is 2.22. The number of hydrogen-bond donors (Lipinski definition) is 0. The second-order valence-electron chi connectivity index (χ2n) is 9.23. The number of aromatic nitrogens is 6. The maximum atomic E-state index is 10.1. The summed E-state index contributed by atoms with van der Waals surface area (Å²) < 4.78 is 5.77. The monoisotopic (exact) mass is 602 g/mol. The number of hydrogen-bond acceptors (Lipinski definition) is 15. The SMILES string of the molecule is N#C/C(c1c(C#N)nc(C#N)nc1C#N)=c1/ccc2c3cc/c(=C(\C#N)c4c(C#N)nc(C#N)nc4C#N)nc3c3ccoc3c2n1. The Labute approximate surface area is 261 Å². The zero-order valence-corrected chi connectivity index (χ0v) is 23.1. The highest BCUT2D eigenvalue weighted by Crippen LogP contribution is 2.33. The molecule has 47 heavy (non-hydrogen) atoms. The van der Waals surface area contributed by atoms with Crippen LogP contribution in [0.25, 0.3) is 43.9 Å². The topological polar surface area (TPSA) is 281 Å². The molecule has 0 fully saturated rings. The van der Waals surface area contributed by atoms with E-state index >= 15 is 0 Å². The van der Waals surface area contributed by atoms with Gasteiger partial charge in [-0.05, 0) is 30.3 Å². The van der Waals surface area contributed by atoms with Crippen LogP contribution < -0.4 is 10.7 Å². The van der Waals surface area contributed by atoms with Crippen molar-refractivity contribution in [2.75, 3.05) is 0 Å². The third-order valence-corrected chi connectivity index (χ3v) is 6.89. The van der Waals surface area contributed by atoms with Gasteiger partial charge in [0.05, 0.1) is 44.8 Å². The molecule has 5 heterocycles. The largest absolute Gasteiger partial charge is 0.462 e. The Kier molecular flexibility index (Phi) is 6.82. The molecule has 15 heteroatoms. The molecule has 6 aromatic rings. The van der Waals surface area contributed by atoms with Crippen molar-refractivity contribution < 1.29 is 4.42 Å². The fourth-order valence-electron chi connectivity index (χ4n) is 4.99. The third kappa shape index (κ3) is 4.38. The van der Waals surface area contributed by atoms with Crippen LogP contribution in [0.2, 0.25) is 0 Å². The fourth-order valence-corrected chi connectivity index (χ4v) is 4.99. The predicted molar refractivity (Wildman–Crippen MR) is 155 cm³/mol. The summed E-state index contributed by atoms with van der Waals surface area (Å²) in [5.41, 5.74) is -1.15. The fraction of sp³-hybridized carbons (Fsp3) is 0. The van der Waals surface area contributed by atoms with E-state index in [1.165, 1.54) is 18.4 Å². The summed E-state index contributed by atoms with van der Waals surface area (Å²) in [4.78, 5) is 24.7. The van der Waals surface area contributed by atoms with Crippen LogP contribution in [0, 0.1) is 90.6 Å². The Bertz CT molecular complexity index is 2630. The van der Waals surface area contributed by atoms with Gasteiger partial charge in [0.25, 0.3) is 0 Å². The van der Waals surface area contributed by atoms with Crippen molar-refractivity contribution in [1.82, 2.24) is 29.9 Å². The highest BCUT2D eigenvalue weighted by molar-refractivity contribution is 6.21. The van der Waals surface area contributed by atoms with Crippen LogP contribution >= 0.6 is 0 Å². The van der Waals surface area contributed by atoms with Gasteiger partial charge in [-0.3, -0.25) is 0 Å². The molecule has 15 nitrogen and oxygen atoms in total. The Morgan fingerprint density at radius 2 is 0.894 bits per heavy atom. The molecule has 1 aromatic carbocycles. The molecule has 0 atom stereocenters. The lowest BCUT2D eigenvalue weighted by atomic mass is 10.00. The average molecular weight is 602 g/mol. The molecule has 0 unspecified atom stereocenters. The number of rotatable bonds is 2. The summed E-state index contributed by atoms with van der Waals surface area (Å²) in [5, 5.41) is 79.1. The third-order valence-electron chi connectivity index (χ3n) is 6.89. The number of fused-ring (bicyclic) bond motifs is 6. The minimum absolute atomic E-state index is 0.0666. The molecule has 0 saturated heterocycles. The molecule has 0 aliphatic heterocycles. The van der Waals surface area contributed by atoms with Crippen molar-refractivity contribution in [3.05, 3.63) is 92.8 Å². The van der Waals surface area contributed by atoms with E-state index < -0.39 is 11.6 Å². The summed E-state index contributed by atoms with van der Waals surface area (Å²) >= 11 is 0. The van der Waals surface area contributed by atoms with Gasteiger partial charge in [0, 0.05) is 16.2 Å². The van der Waals surface area contributed by atoms with Crippen molar-refractivity contribution in [2.45, 2.75) is 0 Å². The second-order valence-corrected chi connectivity index (χ2v) is 9.23. The lowest BCUT2D eigenvalue weighted by Gasteiger charge is -2.08. The Morgan fingerprint density at radius 3 is 1.30 bits per heavy atom. The smallest absolute Gasteiger partial charge is 0.234 e. The average Bonchev–Trinajstić information content (AvgIpc) is 3.63. The van der Waals surface area contributed by atoms with E-state index in [0.29, 0.717) is 27.2 Å². The summed E-state index contributed by atoms with van der Waals surface area (Å²) in [6, 6.07) is 22.4. The number of nitrogens with zero attached hydrogens (tertiary/aromatic N) is 14. The van der Waals surface area contributed by atoms with Gasteiger partial charge in [0.2, 0.25) is 11.6 Å². The lowest BCUT2D eigenvalue weighted by Crippen LogP contribution is -2.16. The molecule has 0 aliphatic carbocycles. The molecule has 5 aromatic heterocycles. The van der Waals surface area contributed by atoms with E-state index in [1.54, 1.807) is 42.5 Å². The maximum absolute atomic E-state index is 10.1. The molecule has 0 radical (unpaired) electrons. The summed E-state index contributed by atoms with van der Waals surface area (Å²) in [6.45, 7) is 0. The van der Waals surface area contributed by atoms with Gasteiger partial charge in [0.15, 0.2) is 28.4 Å². The molecule has 0 bridgehead atoms. The highest BCUT2D eigenvalue weighted by atomic mass is 16.3. The van der Waals surface area contributed by atoms with E-state index in [0.717, 1.165) is 0 Å². The summed E-state index contributed by atoms with van der Waals surface area (Å²) in [6.07, 6.45) is 1.39. The van der Waals surface area contributed by atoms with Crippen molar-refractivity contribution in [1.29, 1.82) is 42.1 Å². The van der Waals surface area contributed by atoms with Crippen LogP contribution in [0.5, 0.6) is 0 Å². The molecule has 6 rings (SSSR count). The Hall–Kier alpha value is -8.60. The molecule has 0 saturated carbocycles. The van der Waals surface area contributed by atoms with E-state index in [2.05, 4.69) is 24.9 Å². The van der Waals surface area contributed by atoms with E-state index in [-0.39, 0.29) is 61.3 Å². The Morgan fingerprint density at radius 1 is 0.468 bits per heavy atom. The molecular weight excluding hydrogens is 596 g/mol. The summed E-state index contributed by atoms with van der Waals surface area (Å²) in [7, 11) is 0. The minimum atomic E-state index is -0.405. The first-order valence-electron chi connectivity index (χ1n) is 12.9. The molecule has 210 valence electrons. The number of nitriles is 8. The van der Waals surface area contributed by atoms with Crippen molar-refractivity contribution in [2.24, 2.45) is 0 Å². The zero-order valence-electron chi connectivity index (χ0n) is 23.1. The van der Waals surface area contributed by atoms with E-state index in [4.69, 9.17) is 9.40 Å². The van der Waals surface area contributed by atoms with Gasteiger partial charge in [-0.25, -0.2) is 29.9 Å². The number of pyridine rings is 2. The van der Waals surface area contributed by atoms with Crippen LogP contribution in [0.3, 0.4) is 0 Å². The first-order chi connectivity index (χ1) is 22.9. The number of furan rings is 1. The summed E-state index contributed by atoms with van der Waals surface area (Å²) in [5.74, 6) is -0.808. The van der Waals surface area contributed by atoms with Gasteiger partial charge in [-0.15, -0.1) is 0 Å². The van der Waals surface area contributed by atoms with E-state index in [9.17, 15) is 42.1 Å². The molecule has 0 aliphatic rings. The van der Waals surface area contributed by atoms with Crippen LogP contribution in [-0.4, -0.2) is 29.9 Å². The van der Waals surface area contributed by atoms with Crippen molar-refractivity contribution in [3.63, 3.8) is 0 Å². The Balaban J connectivity index is 1.70. The van der Waals surface area contributed by atoms with Crippen molar-refractivity contribution in [3.8, 4) is 48.6 Å². The second kappa shape index (κ2) is 11.2. The van der Waals surface area contributed by atoms with Gasteiger partial charge >= 0.3 is 0 Å². The first kappa shape index (κ1) is 28.5. The lowest BCUT2D eigenvalue weighted by molar-refractivity contribution is 0.618. The van der Waals surface area contributed by atoms with E-state index in [1.807, 2.05) is 24.3 Å². The normalized spacial score (nSPS) is 11.5. The zero-order chi connectivity index (χ0) is 33.2.